The van der Waals surface area contributed by atoms with Gasteiger partial charge in [-0.25, -0.2) is 9.78 Å². The molecule has 0 amide bonds. The predicted octanol–water partition coefficient (Wildman–Crippen LogP) is 4.00. The Bertz CT molecular complexity index is 671. The molecule has 8 heteroatoms. The number of rotatable bonds is 3. The summed E-state index contributed by atoms with van der Waals surface area (Å²) in [5.74, 6) is -1.69. The molecule has 0 saturated carbocycles. The molecule has 21 heavy (non-hydrogen) atoms. The van der Waals surface area contributed by atoms with Gasteiger partial charge in [0.1, 0.15) is 10.9 Å². The van der Waals surface area contributed by atoms with Gasteiger partial charge in [-0.15, -0.1) is 13.2 Å². The first-order valence-electron chi connectivity index (χ1n) is 5.52. The lowest BCUT2D eigenvalue weighted by atomic mass is 10.0. The number of nitrogens with zero attached hydrogens (tertiary/aromatic N) is 1. The van der Waals surface area contributed by atoms with Crippen LogP contribution >= 0.6 is 11.6 Å². The number of carbonyl (C=O) groups is 1. The maximum atomic E-state index is 12.1. The molecule has 2 aromatic rings. The van der Waals surface area contributed by atoms with Gasteiger partial charge in [-0.2, -0.15) is 0 Å². The first-order chi connectivity index (χ1) is 9.76. The quantitative estimate of drug-likeness (QED) is 0.869. The average Bonchev–Trinajstić information content (AvgIpc) is 2.38. The third-order valence-electron chi connectivity index (χ3n) is 2.46. The molecule has 0 radical (unpaired) electrons. The number of benzene rings is 1. The van der Waals surface area contributed by atoms with E-state index in [0.29, 0.717) is 5.56 Å². The largest absolute Gasteiger partial charge is 0.573 e. The zero-order valence-corrected chi connectivity index (χ0v) is 10.9. The van der Waals surface area contributed by atoms with E-state index < -0.39 is 18.1 Å². The van der Waals surface area contributed by atoms with E-state index in [0.717, 1.165) is 12.1 Å². The summed E-state index contributed by atoms with van der Waals surface area (Å²) in [5, 5.41) is 9.07. The van der Waals surface area contributed by atoms with Crippen molar-refractivity contribution >= 4 is 17.6 Å². The van der Waals surface area contributed by atoms with E-state index in [4.69, 9.17) is 16.7 Å². The predicted molar refractivity (Wildman–Crippen MR) is 68.3 cm³/mol. The molecule has 0 aliphatic rings. The first kappa shape index (κ1) is 15.1. The third-order valence-corrected chi connectivity index (χ3v) is 2.67. The number of carboxylic acid groups (broad SMARTS) is 1. The van der Waals surface area contributed by atoms with Gasteiger partial charge in [0.25, 0.3) is 0 Å². The van der Waals surface area contributed by atoms with E-state index in [-0.39, 0.29) is 16.4 Å². The highest BCUT2D eigenvalue weighted by molar-refractivity contribution is 6.29. The first-order valence-corrected chi connectivity index (χ1v) is 5.90. The Morgan fingerprint density at radius 1 is 1.14 bits per heavy atom. The number of halogens is 4. The van der Waals surface area contributed by atoms with Crippen LogP contribution in [0.5, 0.6) is 5.75 Å². The van der Waals surface area contributed by atoms with E-state index in [9.17, 15) is 18.0 Å². The van der Waals surface area contributed by atoms with Gasteiger partial charge in [0.05, 0.1) is 0 Å². The van der Waals surface area contributed by atoms with Gasteiger partial charge in [0, 0.05) is 5.56 Å². The van der Waals surface area contributed by atoms with Crippen LogP contribution in [0.1, 0.15) is 10.5 Å². The van der Waals surface area contributed by atoms with Gasteiger partial charge in [-0.1, -0.05) is 23.7 Å². The third kappa shape index (κ3) is 3.85. The van der Waals surface area contributed by atoms with Crippen LogP contribution in [0, 0.1) is 0 Å². The highest BCUT2D eigenvalue weighted by atomic mass is 35.5. The smallest absolute Gasteiger partial charge is 0.476 e. The number of pyridine rings is 1. The van der Waals surface area contributed by atoms with E-state index >= 15 is 0 Å². The van der Waals surface area contributed by atoms with Crippen LogP contribution in [0.25, 0.3) is 11.1 Å². The van der Waals surface area contributed by atoms with Gasteiger partial charge in [0.2, 0.25) is 0 Å². The van der Waals surface area contributed by atoms with Crippen LogP contribution in [-0.2, 0) is 0 Å². The lowest BCUT2D eigenvalue weighted by Crippen LogP contribution is -2.16. The Morgan fingerprint density at radius 3 is 2.29 bits per heavy atom. The van der Waals surface area contributed by atoms with Gasteiger partial charge in [-0.3, -0.25) is 0 Å². The minimum atomic E-state index is -4.78. The normalized spacial score (nSPS) is 11.2. The second-order valence-electron chi connectivity index (χ2n) is 3.91. The topological polar surface area (TPSA) is 59.4 Å². The second-order valence-corrected chi connectivity index (χ2v) is 4.29. The molecule has 0 bridgehead atoms. The summed E-state index contributed by atoms with van der Waals surface area (Å²) in [4.78, 5) is 14.8. The molecule has 1 heterocycles. The Kier molecular flexibility index (Phi) is 4.04. The fourth-order valence-electron chi connectivity index (χ4n) is 1.67. The minimum Gasteiger partial charge on any atom is -0.476 e. The lowest BCUT2D eigenvalue weighted by molar-refractivity contribution is -0.274. The van der Waals surface area contributed by atoms with Gasteiger partial charge < -0.3 is 9.84 Å². The molecular formula is C13H7ClF3NO3. The molecule has 0 unspecified atom stereocenters. The monoisotopic (exact) mass is 317 g/mol. The maximum Gasteiger partial charge on any atom is 0.573 e. The van der Waals surface area contributed by atoms with E-state index in [1.807, 2.05) is 0 Å². The number of aromatic nitrogens is 1. The lowest BCUT2D eigenvalue weighted by Gasteiger charge is -2.10. The molecule has 0 fully saturated rings. The van der Waals surface area contributed by atoms with Gasteiger partial charge in [0.15, 0.2) is 5.69 Å². The SMILES string of the molecule is O=C(O)c1nc(Cl)ccc1-c1ccc(OC(F)(F)F)cc1. The van der Waals surface area contributed by atoms with Crippen molar-refractivity contribution in [1.29, 1.82) is 0 Å². The molecule has 0 spiro atoms. The molecule has 0 saturated heterocycles. The molecule has 1 aromatic heterocycles. The maximum absolute atomic E-state index is 12.1. The van der Waals surface area contributed by atoms with Crippen LogP contribution in [0.3, 0.4) is 0 Å². The van der Waals surface area contributed by atoms with E-state index in [1.54, 1.807) is 0 Å². The Morgan fingerprint density at radius 2 is 1.76 bits per heavy atom. The number of ether oxygens (including phenoxy) is 1. The summed E-state index contributed by atoms with van der Waals surface area (Å²) in [5.41, 5.74) is 0.337. The molecular weight excluding hydrogens is 311 g/mol. The Hall–Kier alpha value is -2.28. The standard InChI is InChI=1S/C13H7ClF3NO3/c14-10-6-5-9(11(18-10)12(19)20)7-1-3-8(4-2-7)21-13(15,16)17/h1-6H,(H,19,20). The molecule has 1 N–H and O–H groups in total. The molecule has 0 aliphatic heterocycles. The molecule has 1 aromatic carbocycles. The van der Waals surface area contributed by atoms with Crippen LogP contribution in [-0.4, -0.2) is 22.4 Å². The van der Waals surface area contributed by atoms with Crippen molar-refractivity contribution in [2.24, 2.45) is 0 Å². The molecule has 110 valence electrons. The van der Waals surface area contributed by atoms with Crippen molar-refractivity contribution in [2.75, 3.05) is 0 Å². The molecule has 0 aliphatic carbocycles. The van der Waals surface area contributed by atoms with Gasteiger partial charge in [-0.05, 0) is 29.8 Å². The van der Waals surface area contributed by atoms with Crippen molar-refractivity contribution in [2.45, 2.75) is 6.36 Å². The zero-order chi connectivity index (χ0) is 15.6. The number of hydrogen-bond acceptors (Lipinski definition) is 3. The van der Waals surface area contributed by atoms with Crippen LogP contribution < -0.4 is 4.74 Å². The van der Waals surface area contributed by atoms with Crippen LogP contribution in [0.15, 0.2) is 36.4 Å². The average molecular weight is 318 g/mol. The van der Waals surface area contributed by atoms with Crippen molar-refractivity contribution in [3.63, 3.8) is 0 Å². The molecule has 2 rings (SSSR count). The second kappa shape index (κ2) is 5.61. The molecule has 0 atom stereocenters. The Balaban J connectivity index is 2.37. The highest BCUT2D eigenvalue weighted by Gasteiger charge is 2.31. The summed E-state index contributed by atoms with van der Waals surface area (Å²) in [6.45, 7) is 0. The van der Waals surface area contributed by atoms with Gasteiger partial charge >= 0.3 is 12.3 Å². The van der Waals surface area contributed by atoms with Crippen LogP contribution in [0.4, 0.5) is 13.2 Å². The highest BCUT2D eigenvalue weighted by Crippen LogP contribution is 2.28. The Labute approximate surface area is 121 Å². The number of carboxylic acids is 1. The fourth-order valence-corrected chi connectivity index (χ4v) is 1.81. The summed E-state index contributed by atoms with van der Waals surface area (Å²) < 4.78 is 39.9. The summed E-state index contributed by atoms with van der Waals surface area (Å²) in [6.07, 6.45) is -4.78. The fraction of sp³-hybridized carbons (Fsp3) is 0.0769. The summed E-state index contributed by atoms with van der Waals surface area (Å²) >= 11 is 5.63. The van der Waals surface area contributed by atoms with Crippen molar-refractivity contribution in [3.05, 3.63) is 47.2 Å². The number of aromatic carboxylic acids is 1. The van der Waals surface area contributed by atoms with Crippen molar-refractivity contribution in [3.8, 4) is 16.9 Å². The van der Waals surface area contributed by atoms with Crippen molar-refractivity contribution < 1.29 is 27.8 Å². The summed E-state index contributed by atoms with van der Waals surface area (Å²) in [7, 11) is 0. The summed E-state index contributed by atoms with van der Waals surface area (Å²) in [6, 6.07) is 7.60. The molecule has 4 nitrogen and oxygen atoms in total. The van der Waals surface area contributed by atoms with E-state index in [1.165, 1.54) is 24.3 Å². The van der Waals surface area contributed by atoms with E-state index in [2.05, 4.69) is 9.72 Å². The minimum absolute atomic E-state index is 0.00757. The number of alkyl halides is 3. The van der Waals surface area contributed by atoms with Crippen LogP contribution in [0.2, 0.25) is 5.15 Å². The number of hydrogen-bond donors (Lipinski definition) is 1. The zero-order valence-electron chi connectivity index (χ0n) is 10.2. The van der Waals surface area contributed by atoms with Crippen molar-refractivity contribution in [1.82, 2.24) is 4.98 Å².